The van der Waals surface area contributed by atoms with Gasteiger partial charge in [-0.05, 0) is 0 Å². The molecule has 15 heavy (non-hydrogen) atoms. The summed E-state index contributed by atoms with van der Waals surface area (Å²) >= 11 is 2.89. The highest BCUT2D eigenvalue weighted by Crippen LogP contribution is 2.12. The highest BCUT2D eigenvalue weighted by Gasteiger charge is 2.32. The lowest BCUT2D eigenvalue weighted by atomic mass is 10.3. The first-order valence-electron chi connectivity index (χ1n) is 4.24. The van der Waals surface area contributed by atoms with Crippen molar-refractivity contribution in [3.63, 3.8) is 0 Å². The van der Waals surface area contributed by atoms with Gasteiger partial charge in [-0.2, -0.15) is 4.31 Å². The first-order chi connectivity index (χ1) is 7.01. The molecule has 6 nitrogen and oxygen atoms in total. The summed E-state index contributed by atoms with van der Waals surface area (Å²) < 4.78 is 33.6. The molecular weight excluding hydrogens is 290 g/mol. The SMILES string of the molecule is COC(=O)C1CN(S(=O)(=O)CBr)CCO1. The van der Waals surface area contributed by atoms with Crippen LogP contribution in [-0.2, 0) is 24.3 Å². The van der Waals surface area contributed by atoms with Crippen molar-refractivity contribution in [1.82, 2.24) is 4.31 Å². The van der Waals surface area contributed by atoms with Crippen molar-refractivity contribution in [3.8, 4) is 0 Å². The van der Waals surface area contributed by atoms with Gasteiger partial charge in [0.15, 0.2) is 6.10 Å². The Morgan fingerprint density at radius 3 is 2.87 bits per heavy atom. The highest BCUT2D eigenvalue weighted by atomic mass is 79.9. The van der Waals surface area contributed by atoms with Gasteiger partial charge in [-0.1, -0.05) is 15.9 Å². The molecule has 0 saturated carbocycles. The molecule has 0 aromatic heterocycles. The summed E-state index contributed by atoms with van der Waals surface area (Å²) in [6.45, 7) is 0.480. The van der Waals surface area contributed by atoms with E-state index in [0.29, 0.717) is 0 Å². The van der Waals surface area contributed by atoms with Crippen molar-refractivity contribution < 1.29 is 22.7 Å². The zero-order valence-electron chi connectivity index (χ0n) is 8.18. The fourth-order valence-corrected chi connectivity index (χ4v) is 2.94. The molecule has 1 unspecified atom stereocenters. The van der Waals surface area contributed by atoms with Crippen LogP contribution in [0.5, 0.6) is 0 Å². The van der Waals surface area contributed by atoms with Crippen LogP contribution in [0.1, 0.15) is 0 Å². The fourth-order valence-electron chi connectivity index (χ4n) is 1.22. The van der Waals surface area contributed by atoms with Gasteiger partial charge in [-0.3, -0.25) is 0 Å². The molecule has 0 bridgehead atoms. The molecule has 1 heterocycles. The Hall–Kier alpha value is -0.180. The van der Waals surface area contributed by atoms with E-state index in [0.717, 1.165) is 0 Å². The first-order valence-corrected chi connectivity index (χ1v) is 6.97. The Bertz CT molecular complexity index is 330. The number of carbonyl (C=O) groups is 1. The van der Waals surface area contributed by atoms with Gasteiger partial charge in [0.1, 0.15) is 4.66 Å². The largest absolute Gasteiger partial charge is 0.467 e. The van der Waals surface area contributed by atoms with Gasteiger partial charge in [-0.15, -0.1) is 0 Å². The Morgan fingerprint density at radius 2 is 2.33 bits per heavy atom. The number of sulfonamides is 1. The predicted octanol–water partition coefficient (Wildman–Crippen LogP) is -0.458. The van der Waals surface area contributed by atoms with Gasteiger partial charge in [-0.25, -0.2) is 13.2 Å². The summed E-state index contributed by atoms with van der Waals surface area (Å²) in [5, 5.41) is 0. The molecule has 1 aliphatic rings. The minimum Gasteiger partial charge on any atom is -0.467 e. The van der Waals surface area contributed by atoms with Crippen molar-refractivity contribution in [3.05, 3.63) is 0 Å². The van der Waals surface area contributed by atoms with Gasteiger partial charge in [0.2, 0.25) is 10.0 Å². The van der Waals surface area contributed by atoms with Gasteiger partial charge < -0.3 is 9.47 Å². The lowest BCUT2D eigenvalue weighted by Crippen LogP contribution is -2.49. The van der Waals surface area contributed by atoms with Crippen LogP contribution in [0, 0.1) is 0 Å². The van der Waals surface area contributed by atoms with E-state index in [1.54, 1.807) is 0 Å². The third kappa shape index (κ3) is 3.13. The summed E-state index contributed by atoms with van der Waals surface area (Å²) in [5.74, 6) is -0.551. The van der Waals surface area contributed by atoms with E-state index in [2.05, 4.69) is 20.7 Å². The van der Waals surface area contributed by atoms with Crippen LogP contribution in [0.2, 0.25) is 0 Å². The molecule has 0 amide bonds. The Morgan fingerprint density at radius 1 is 1.67 bits per heavy atom. The standard InChI is InChI=1S/C7H12BrNO5S/c1-13-7(10)6-4-9(2-3-14-6)15(11,12)5-8/h6H,2-5H2,1H3. The maximum atomic E-state index is 11.5. The molecule has 0 aromatic carbocycles. The molecule has 0 aliphatic carbocycles. The average Bonchev–Trinajstić information content (AvgIpc) is 2.28. The zero-order chi connectivity index (χ0) is 11.5. The predicted molar refractivity (Wildman–Crippen MR) is 56.0 cm³/mol. The molecule has 1 rings (SSSR count). The Balaban J connectivity index is 2.68. The van der Waals surface area contributed by atoms with Crippen molar-refractivity contribution in [2.75, 3.05) is 31.5 Å². The number of alkyl halides is 1. The molecule has 1 fully saturated rings. The van der Waals surface area contributed by atoms with Crippen LogP contribution < -0.4 is 0 Å². The molecule has 0 aromatic rings. The van der Waals surface area contributed by atoms with E-state index < -0.39 is 22.1 Å². The van der Waals surface area contributed by atoms with Crippen molar-refractivity contribution in [2.24, 2.45) is 0 Å². The smallest absolute Gasteiger partial charge is 0.336 e. The molecule has 0 radical (unpaired) electrons. The van der Waals surface area contributed by atoms with E-state index in [4.69, 9.17) is 4.74 Å². The number of methoxy groups -OCH3 is 1. The Kier molecular flexibility index (Phi) is 4.50. The number of esters is 1. The van der Waals surface area contributed by atoms with Crippen LogP contribution in [0.25, 0.3) is 0 Å². The number of hydrogen-bond acceptors (Lipinski definition) is 5. The normalized spacial score (nSPS) is 23.7. The topological polar surface area (TPSA) is 72.9 Å². The summed E-state index contributed by atoms with van der Waals surface area (Å²) in [4.78, 5) is 11.1. The van der Waals surface area contributed by atoms with Gasteiger partial charge in [0.05, 0.1) is 20.3 Å². The van der Waals surface area contributed by atoms with Crippen molar-refractivity contribution >= 4 is 31.9 Å². The minimum absolute atomic E-state index is 0.0145. The molecule has 1 saturated heterocycles. The molecule has 88 valence electrons. The molecule has 0 N–H and O–H groups in total. The third-order valence-electron chi connectivity index (χ3n) is 2.02. The number of nitrogens with zero attached hydrogens (tertiary/aromatic N) is 1. The van der Waals surface area contributed by atoms with Crippen molar-refractivity contribution in [1.29, 1.82) is 0 Å². The first kappa shape index (κ1) is 12.9. The average molecular weight is 302 g/mol. The molecule has 0 spiro atoms. The van der Waals surface area contributed by atoms with Crippen LogP contribution in [-0.4, -0.2) is 56.3 Å². The van der Waals surface area contributed by atoms with E-state index in [9.17, 15) is 13.2 Å². The van der Waals surface area contributed by atoms with E-state index in [1.807, 2.05) is 0 Å². The van der Waals surface area contributed by atoms with Gasteiger partial charge >= 0.3 is 5.97 Å². The zero-order valence-corrected chi connectivity index (χ0v) is 10.6. The lowest BCUT2D eigenvalue weighted by molar-refractivity contribution is -0.157. The minimum atomic E-state index is -3.33. The van der Waals surface area contributed by atoms with Crippen LogP contribution in [0.15, 0.2) is 0 Å². The van der Waals surface area contributed by atoms with Crippen LogP contribution >= 0.6 is 15.9 Å². The second-order valence-corrected chi connectivity index (χ2v) is 6.23. The number of carbonyl (C=O) groups excluding carboxylic acids is 1. The summed E-state index contributed by atoms with van der Waals surface area (Å²) in [6.07, 6.45) is -0.822. The maximum Gasteiger partial charge on any atom is 0.336 e. The monoisotopic (exact) mass is 301 g/mol. The molecule has 1 aliphatic heterocycles. The van der Waals surface area contributed by atoms with Crippen LogP contribution in [0.3, 0.4) is 0 Å². The quantitative estimate of drug-likeness (QED) is 0.521. The summed E-state index contributed by atoms with van der Waals surface area (Å²) in [6, 6.07) is 0. The third-order valence-corrected chi connectivity index (χ3v) is 5.15. The van der Waals surface area contributed by atoms with E-state index in [-0.39, 0.29) is 24.4 Å². The molecular formula is C7H12BrNO5S. The molecule has 1 atom stereocenters. The number of morpholine rings is 1. The number of rotatable bonds is 3. The second kappa shape index (κ2) is 5.24. The lowest BCUT2D eigenvalue weighted by Gasteiger charge is -2.29. The highest BCUT2D eigenvalue weighted by molar-refractivity contribution is 9.10. The fraction of sp³-hybridized carbons (Fsp3) is 0.857. The maximum absolute atomic E-state index is 11.5. The van der Waals surface area contributed by atoms with Gasteiger partial charge in [0, 0.05) is 6.54 Å². The number of halogens is 1. The van der Waals surface area contributed by atoms with Crippen LogP contribution in [0.4, 0.5) is 0 Å². The number of hydrogen-bond donors (Lipinski definition) is 0. The Labute approximate surface area is 96.7 Å². The second-order valence-electron chi connectivity index (χ2n) is 2.96. The molecule has 8 heteroatoms. The number of ether oxygens (including phenoxy) is 2. The van der Waals surface area contributed by atoms with Crippen molar-refractivity contribution in [2.45, 2.75) is 6.10 Å². The van der Waals surface area contributed by atoms with E-state index >= 15 is 0 Å². The summed E-state index contributed by atoms with van der Waals surface area (Å²) in [5.41, 5.74) is 0. The van der Waals surface area contributed by atoms with E-state index in [1.165, 1.54) is 11.4 Å². The summed E-state index contributed by atoms with van der Waals surface area (Å²) in [7, 11) is -2.09. The van der Waals surface area contributed by atoms with Gasteiger partial charge in [0.25, 0.3) is 0 Å².